The molecule has 66 valence electrons. The summed E-state index contributed by atoms with van der Waals surface area (Å²) in [6.07, 6.45) is -4.67. The Bertz CT molecular complexity index is 185. The van der Waals surface area contributed by atoms with Crippen molar-refractivity contribution in [3.05, 3.63) is 11.4 Å². The van der Waals surface area contributed by atoms with Crippen LogP contribution in [0.1, 0.15) is 13.3 Å². The lowest BCUT2D eigenvalue weighted by molar-refractivity contribution is -0.126. The van der Waals surface area contributed by atoms with Crippen LogP contribution in [0.4, 0.5) is 13.2 Å². The van der Waals surface area contributed by atoms with Crippen molar-refractivity contribution in [2.24, 2.45) is 0 Å². The Morgan fingerprint density at radius 1 is 1.64 bits per heavy atom. The first-order chi connectivity index (χ1) is 4.87. The summed E-state index contributed by atoms with van der Waals surface area (Å²) in [5.41, 5.74) is 0. The predicted molar refractivity (Wildman–Crippen MR) is 35.6 cm³/mol. The van der Waals surface area contributed by atoms with Gasteiger partial charge in [0.15, 0.2) is 0 Å². The second-order valence-corrected chi connectivity index (χ2v) is 3.16. The van der Waals surface area contributed by atoms with Gasteiger partial charge in [-0.15, -0.1) is 0 Å². The first-order valence-electron chi connectivity index (χ1n) is 2.82. The molecule has 11 heavy (non-hydrogen) atoms. The third kappa shape index (κ3) is 5.04. The highest BCUT2D eigenvalue weighted by Gasteiger charge is 2.29. The van der Waals surface area contributed by atoms with Crippen molar-refractivity contribution in [3.63, 3.8) is 0 Å². The maximum Gasteiger partial charge on any atom is 0.393 e. The molecule has 0 spiro atoms. The summed E-state index contributed by atoms with van der Waals surface area (Å²) in [5.74, 6) is 0. The highest BCUT2D eigenvalue weighted by molar-refractivity contribution is 7.43. The van der Waals surface area contributed by atoms with Gasteiger partial charge in [-0.2, -0.15) is 13.2 Å². The Morgan fingerprint density at radius 2 is 2.09 bits per heavy atom. The van der Waals surface area contributed by atoms with Gasteiger partial charge in [0.25, 0.3) is 0 Å². The van der Waals surface area contributed by atoms with Crippen LogP contribution in [0, 0.1) is 0 Å². The van der Waals surface area contributed by atoms with Gasteiger partial charge < -0.3 is 4.89 Å². The van der Waals surface area contributed by atoms with Gasteiger partial charge in [-0.25, -0.2) is 0 Å². The van der Waals surface area contributed by atoms with Crippen LogP contribution in [-0.4, -0.2) is 11.1 Å². The van der Waals surface area contributed by atoms with E-state index in [0.717, 1.165) is 6.08 Å². The van der Waals surface area contributed by atoms with Gasteiger partial charge in [-0.1, -0.05) is 6.08 Å². The third-order valence-corrected chi connectivity index (χ3v) is 2.03. The molecular weight excluding hydrogens is 180 g/mol. The normalized spacial score (nSPS) is 16.6. The standard InChI is InChI=1S/C5H8F3O2P/c1-2-4(11(9)10)3-5(6,7)8/h2,11H,3H2,1H3,(H,9,10). The number of alkyl halides is 3. The molecule has 0 radical (unpaired) electrons. The molecule has 0 fully saturated rings. The fourth-order valence-electron chi connectivity index (χ4n) is 0.517. The number of hydrogen-bond donors (Lipinski definition) is 1. The summed E-state index contributed by atoms with van der Waals surface area (Å²) in [7, 11) is -3.17. The van der Waals surface area contributed by atoms with Crippen LogP contribution in [0.3, 0.4) is 0 Å². The first kappa shape index (κ1) is 10.7. The molecule has 0 amide bonds. The molecule has 0 aliphatic carbocycles. The average molecular weight is 188 g/mol. The molecule has 0 saturated heterocycles. The van der Waals surface area contributed by atoms with E-state index < -0.39 is 25.9 Å². The lowest BCUT2D eigenvalue weighted by Gasteiger charge is -2.06. The van der Waals surface area contributed by atoms with Gasteiger partial charge in [0.1, 0.15) is 0 Å². The highest BCUT2D eigenvalue weighted by atomic mass is 31.1. The zero-order chi connectivity index (χ0) is 9.07. The largest absolute Gasteiger partial charge is 0.393 e. The lowest BCUT2D eigenvalue weighted by Crippen LogP contribution is -2.07. The van der Waals surface area contributed by atoms with Crippen LogP contribution in [0.25, 0.3) is 0 Å². The molecule has 0 aliphatic heterocycles. The SMILES string of the molecule is CC=C(CC(F)(F)F)[PH](=O)O. The zero-order valence-corrected chi connectivity index (χ0v) is 6.77. The van der Waals surface area contributed by atoms with Crippen LogP contribution >= 0.6 is 8.03 Å². The maximum atomic E-state index is 11.6. The molecule has 1 atom stereocenters. The molecule has 0 bridgehead atoms. The molecule has 1 N–H and O–H groups in total. The minimum Gasteiger partial charge on any atom is -0.343 e. The first-order valence-corrected chi connectivity index (χ1v) is 4.17. The summed E-state index contributed by atoms with van der Waals surface area (Å²) in [6, 6.07) is 0. The Balaban J connectivity index is 4.24. The van der Waals surface area contributed by atoms with E-state index in [4.69, 9.17) is 4.89 Å². The number of rotatable bonds is 2. The van der Waals surface area contributed by atoms with E-state index in [-0.39, 0.29) is 0 Å². The molecule has 0 aromatic rings. The van der Waals surface area contributed by atoms with E-state index in [0.29, 0.717) is 0 Å². The van der Waals surface area contributed by atoms with Gasteiger partial charge in [-0.3, -0.25) is 4.57 Å². The molecule has 6 heteroatoms. The summed E-state index contributed by atoms with van der Waals surface area (Å²) >= 11 is 0. The minimum atomic E-state index is -4.40. The van der Waals surface area contributed by atoms with Crippen LogP contribution in [-0.2, 0) is 4.57 Å². The minimum absolute atomic E-state index is 0.442. The summed E-state index contributed by atoms with van der Waals surface area (Å²) in [5, 5.41) is -0.442. The van der Waals surface area contributed by atoms with Gasteiger partial charge in [0.05, 0.1) is 6.42 Å². The van der Waals surface area contributed by atoms with Crippen molar-refractivity contribution in [1.29, 1.82) is 0 Å². The fourth-order valence-corrected chi connectivity index (χ4v) is 1.12. The van der Waals surface area contributed by atoms with Crippen molar-refractivity contribution in [2.75, 3.05) is 0 Å². The molecule has 0 rings (SSSR count). The van der Waals surface area contributed by atoms with Crippen molar-refractivity contribution in [2.45, 2.75) is 19.5 Å². The van der Waals surface area contributed by atoms with E-state index in [9.17, 15) is 17.7 Å². The lowest BCUT2D eigenvalue weighted by atomic mass is 10.4. The number of hydrogen-bond acceptors (Lipinski definition) is 1. The maximum absolute atomic E-state index is 11.6. The average Bonchev–Trinajstić information content (AvgIpc) is 1.80. The second kappa shape index (κ2) is 3.93. The van der Waals surface area contributed by atoms with E-state index in [1.807, 2.05) is 0 Å². The number of halogens is 3. The third-order valence-electron chi connectivity index (χ3n) is 1.01. The zero-order valence-electron chi connectivity index (χ0n) is 5.77. The van der Waals surface area contributed by atoms with E-state index in [2.05, 4.69) is 0 Å². The Labute approximate surface area is 62.6 Å². The molecular formula is C5H8F3O2P. The van der Waals surface area contributed by atoms with Crippen LogP contribution in [0.2, 0.25) is 0 Å². The predicted octanol–water partition coefficient (Wildman–Crippen LogP) is 2.31. The Hall–Kier alpha value is -0.280. The quantitative estimate of drug-likeness (QED) is 0.675. The van der Waals surface area contributed by atoms with Crippen molar-refractivity contribution in [3.8, 4) is 0 Å². The summed E-state index contributed by atoms with van der Waals surface area (Å²) in [4.78, 5) is 8.35. The van der Waals surface area contributed by atoms with Gasteiger partial charge in [0.2, 0.25) is 8.03 Å². The van der Waals surface area contributed by atoms with Crippen molar-refractivity contribution >= 4 is 8.03 Å². The molecule has 0 aliphatic rings. The topological polar surface area (TPSA) is 37.3 Å². The van der Waals surface area contributed by atoms with E-state index >= 15 is 0 Å². The van der Waals surface area contributed by atoms with Crippen molar-refractivity contribution in [1.82, 2.24) is 0 Å². The monoisotopic (exact) mass is 188 g/mol. The molecule has 0 saturated carbocycles. The van der Waals surface area contributed by atoms with Crippen LogP contribution < -0.4 is 0 Å². The van der Waals surface area contributed by atoms with E-state index in [1.165, 1.54) is 6.92 Å². The molecule has 2 nitrogen and oxygen atoms in total. The molecule has 0 heterocycles. The molecule has 1 unspecified atom stereocenters. The summed E-state index contributed by atoms with van der Waals surface area (Å²) < 4.78 is 45.0. The smallest absolute Gasteiger partial charge is 0.343 e. The molecule has 0 aromatic heterocycles. The van der Waals surface area contributed by atoms with Crippen LogP contribution in [0.15, 0.2) is 11.4 Å². The Morgan fingerprint density at radius 3 is 2.18 bits per heavy atom. The highest BCUT2D eigenvalue weighted by Crippen LogP contribution is 2.36. The number of allylic oxidation sites excluding steroid dienone is 2. The van der Waals surface area contributed by atoms with Gasteiger partial charge >= 0.3 is 6.18 Å². The molecule has 0 aromatic carbocycles. The fraction of sp³-hybridized carbons (Fsp3) is 0.600. The van der Waals surface area contributed by atoms with Crippen LogP contribution in [0.5, 0.6) is 0 Å². The summed E-state index contributed by atoms with van der Waals surface area (Å²) in [6.45, 7) is 1.31. The van der Waals surface area contributed by atoms with Crippen molar-refractivity contribution < 1.29 is 22.6 Å². The Kier molecular flexibility index (Phi) is 3.83. The van der Waals surface area contributed by atoms with Gasteiger partial charge in [-0.05, 0) is 6.92 Å². The second-order valence-electron chi connectivity index (χ2n) is 1.91. The van der Waals surface area contributed by atoms with E-state index in [1.54, 1.807) is 0 Å². The van der Waals surface area contributed by atoms with Gasteiger partial charge in [0, 0.05) is 5.31 Å².